The summed E-state index contributed by atoms with van der Waals surface area (Å²) in [5.74, 6) is -0.663. The lowest BCUT2D eigenvalue weighted by atomic mass is 9.97. The van der Waals surface area contributed by atoms with Crippen LogP contribution in [0.4, 0.5) is 5.13 Å². The van der Waals surface area contributed by atoms with Gasteiger partial charge in [0.05, 0.1) is 22.7 Å². The molecule has 4 N–H and O–H groups in total. The zero-order valence-electron chi connectivity index (χ0n) is 12.3. The van der Waals surface area contributed by atoms with Crippen LogP contribution in [0, 0.1) is 0 Å². The maximum Gasteiger partial charge on any atom is 0.234 e. The second-order valence-electron chi connectivity index (χ2n) is 5.04. The number of aliphatic hydroxyl groups is 1. The van der Waals surface area contributed by atoms with Crippen LogP contribution in [0.15, 0.2) is 42.7 Å². The fourth-order valence-electron chi connectivity index (χ4n) is 2.28. The fraction of sp³-hybridized carbons (Fsp3) is 0.188. The first-order chi connectivity index (χ1) is 11.2. The SMILES string of the molecule is NC[C@@H](C(=O)Nc1nc2ccncc2s1)c1ccc(CO)cc1. The van der Waals surface area contributed by atoms with Crippen molar-refractivity contribution >= 4 is 32.6 Å². The summed E-state index contributed by atoms with van der Waals surface area (Å²) in [7, 11) is 0. The molecule has 2 heterocycles. The molecule has 1 aromatic carbocycles. The molecule has 0 spiro atoms. The molecule has 1 atom stereocenters. The third-order valence-electron chi connectivity index (χ3n) is 3.54. The standard InChI is InChI=1S/C16H16N4O2S/c17-7-12(11-3-1-10(9-21)2-4-11)15(22)20-16-19-13-5-6-18-8-14(13)23-16/h1-6,8,12,21H,7,9,17H2,(H,19,20,22)/t12-/m1/s1. The van der Waals surface area contributed by atoms with Crippen LogP contribution in [-0.4, -0.2) is 27.5 Å². The largest absolute Gasteiger partial charge is 0.392 e. The van der Waals surface area contributed by atoms with Gasteiger partial charge in [0.15, 0.2) is 5.13 Å². The van der Waals surface area contributed by atoms with Gasteiger partial charge in [-0.3, -0.25) is 9.78 Å². The van der Waals surface area contributed by atoms with E-state index in [9.17, 15) is 4.79 Å². The lowest BCUT2D eigenvalue weighted by molar-refractivity contribution is -0.117. The number of carbonyl (C=O) groups is 1. The van der Waals surface area contributed by atoms with Gasteiger partial charge in [-0.1, -0.05) is 35.6 Å². The summed E-state index contributed by atoms with van der Waals surface area (Å²) in [6.07, 6.45) is 3.38. The van der Waals surface area contributed by atoms with Gasteiger partial charge in [0.1, 0.15) is 0 Å². The number of fused-ring (bicyclic) bond motifs is 1. The second-order valence-corrected chi connectivity index (χ2v) is 6.07. The van der Waals surface area contributed by atoms with Crippen LogP contribution in [-0.2, 0) is 11.4 Å². The van der Waals surface area contributed by atoms with Gasteiger partial charge >= 0.3 is 0 Å². The van der Waals surface area contributed by atoms with Gasteiger partial charge < -0.3 is 16.2 Å². The Kier molecular flexibility index (Phi) is 4.61. The first-order valence-electron chi connectivity index (χ1n) is 7.12. The molecule has 0 fully saturated rings. The van der Waals surface area contributed by atoms with E-state index in [0.717, 1.165) is 21.3 Å². The highest BCUT2D eigenvalue weighted by atomic mass is 32.1. The van der Waals surface area contributed by atoms with Crippen LogP contribution in [0.2, 0.25) is 0 Å². The van der Waals surface area contributed by atoms with Crippen molar-refractivity contribution in [3.05, 3.63) is 53.9 Å². The number of amides is 1. The summed E-state index contributed by atoms with van der Waals surface area (Å²) in [5, 5.41) is 12.4. The Bertz CT molecular complexity index is 783. The van der Waals surface area contributed by atoms with E-state index in [1.807, 2.05) is 12.1 Å². The van der Waals surface area contributed by atoms with Crippen molar-refractivity contribution in [2.24, 2.45) is 5.73 Å². The molecule has 0 bridgehead atoms. The van der Waals surface area contributed by atoms with Crippen molar-refractivity contribution in [3.8, 4) is 0 Å². The third-order valence-corrected chi connectivity index (χ3v) is 4.46. The number of hydrogen-bond acceptors (Lipinski definition) is 6. The van der Waals surface area contributed by atoms with E-state index in [2.05, 4.69) is 15.3 Å². The molecule has 0 unspecified atom stereocenters. The van der Waals surface area contributed by atoms with Crippen molar-refractivity contribution in [1.29, 1.82) is 0 Å². The number of aliphatic hydroxyl groups excluding tert-OH is 1. The second kappa shape index (κ2) is 6.82. The summed E-state index contributed by atoms with van der Waals surface area (Å²) in [5.41, 5.74) is 8.18. The molecule has 2 aromatic heterocycles. The van der Waals surface area contributed by atoms with Gasteiger partial charge in [-0.2, -0.15) is 0 Å². The lowest BCUT2D eigenvalue weighted by Gasteiger charge is -2.14. The van der Waals surface area contributed by atoms with Crippen LogP contribution in [0.25, 0.3) is 10.2 Å². The predicted octanol–water partition coefficient (Wildman–Crippen LogP) is 1.86. The lowest BCUT2D eigenvalue weighted by Crippen LogP contribution is -2.27. The number of nitrogens with one attached hydrogen (secondary N) is 1. The van der Waals surface area contributed by atoms with Crippen molar-refractivity contribution < 1.29 is 9.90 Å². The molecule has 3 aromatic rings. The molecule has 6 nitrogen and oxygen atoms in total. The van der Waals surface area contributed by atoms with Gasteiger partial charge in [-0.25, -0.2) is 4.98 Å². The molecule has 1 amide bonds. The van der Waals surface area contributed by atoms with Crippen molar-refractivity contribution in [1.82, 2.24) is 9.97 Å². The Hall–Kier alpha value is -2.35. The van der Waals surface area contributed by atoms with Crippen molar-refractivity contribution in [2.45, 2.75) is 12.5 Å². The molecule has 7 heteroatoms. The fourth-order valence-corrected chi connectivity index (χ4v) is 3.11. The van der Waals surface area contributed by atoms with E-state index in [1.54, 1.807) is 30.6 Å². The summed E-state index contributed by atoms with van der Waals surface area (Å²) in [4.78, 5) is 20.9. The molecule has 0 saturated carbocycles. The van der Waals surface area contributed by atoms with Gasteiger partial charge in [0, 0.05) is 18.9 Å². The number of pyridine rings is 1. The molecular weight excluding hydrogens is 312 g/mol. The molecule has 0 aliphatic heterocycles. The van der Waals surface area contributed by atoms with E-state index < -0.39 is 5.92 Å². The zero-order valence-corrected chi connectivity index (χ0v) is 13.1. The number of carbonyl (C=O) groups excluding carboxylic acids is 1. The number of anilines is 1. The monoisotopic (exact) mass is 328 g/mol. The molecule has 0 aliphatic rings. The first kappa shape index (κ1) is 15.5. The molecule has 118 valence electrons. The van der Waals surface area contributed by atoms with Gasteiger partial charge in [0.25, 0.3) is 0 Å². The highest BCUT2D eigenvalue weighted by molar-refractivity contribution is 7.22. The summed E-state index contributed by atoms with van der Waals surface area (Å²) >= 11 is 1.38. The predicted molar refractivity (Wildman–Crippen MR) is 90.2 cm³/mol. The summed E-state index contributed by atoms with van der Waals surface area (Å²) in [6.45, 7) is 0.163. The van der Waals surface area contributed by atoms with Crippen LogP contribution in [0.1, 0.15) is 17.0 Å². The maximum absolute atomic E-state index is 12.5. The van der Waals surface area contributed by atoms with Crippen LogP contribution in [0.3, 0.4) is 0 Å². The summed E-state index contributed by atoms with van der Waals surface area (Å²) < 4.78 is 0.916. The molecule has 0 aliphatic carbocycles. The van der Waals surface area contributed by atoms with Gasteiger partial charge in [0.2, 0.25) is 5.91 Å². The van der Waals surface area contributed by atoms with Crippen LogP contribution < -0.4 is 11.1 Å². The normalized spacial score (nSPS) is 12.3. The van der Waals surface area contributed by atoms with Crippen molar-refractivity contribution in [3.63, 3.8) is 0 Å². The highest BCUT2D eigenvalue weighted by Crippen LogP contribution is 2.26. The number of nitrogens with zero attached hydrogens (tertiary/aromatic N) is 2. The van der Waals surface area contributed by atoms with Gasteiger partial charge in [-0.05, 0) is 17.2 Å². The number of thiazole rings is 1. The number of hydrogen-bond donors (Lipinski definition) is 3. The van der Waals surface area contributed by atoms with Crippen LogP contribution >= 0.6 is 11.3 Å². The number of aromatic nitrogens is 2. The van der Waals surface area contributed by atoms with Crippen LogP contribution in [0.5, 0.6) is 0 Å². The molecule has 23 heavy (non-hydrogen) atoms. The van der Waals surface area contributed by atoms with E-state index in [1.165, 1.54) is 11.3 Å². The number of rotatable bonds is 5. The average Bonchev–Trinajstić information content (AvgIpc) is 2.98. The van der Waals surface area contributed by atoms with Crippen molar-refractivity contribution in [2.75, 3.05) is 11.9 Å². The average molecular weight is 328 g/mol. The smallest absolute Gasteiger partial charge is 0.234 e. The summed E-state index contributed by atoms with van der Waals surface area (Å²) in [6, 6.07) is 8.99. The zero-order chi connectivity index (χ0) is 16.2. The van der Waals surface area contributed by atoms with E-state index in [0.29, 0.717) is 5.13 Å². The Morgan fingerprint density at radius 2 is 2.09 bits per heavy atom. The molecular formula is C16H16N4O2S. The Morgan fingerprint density at radius 3 is 2.74 bits per heavy atom. The highest BCUT2D eigenvalue weighted by Gasteiger charge is 2.20. The quantitative estimate of drug-likeness (QED) is 0.664. The minimum absolute atomic E-state index is 0.0283. The van der Waals surface area contributed by atoms with E-state index in [4.69, 9.17) is 10.8 Å². The molecule has 3 rings (SSSR count). The molecule has 0 saturated heterocycles. The first-order valence-corrected chi connectivity index (χ1v) is 7.94. The Morgan fingerprint density at radius 1 is 1.30 bits per heavy atom. The Labute approximate surface area is 137 Å². The van der Waals surface area contributed by atoms with Gasteiger partial charge in [-0.15, -0.1) is 0 Å². The topological polar surface area (TPSA) is 101 Å². The minimum Gasteiger partial charge on any atom is -0.392 e. The maximum atomic E-state index is 12.5. The Balaban J connectivity index is 1.78. The number of nitrogens with two attached hydrogens (primary N) is 1. The third kappa shape index (κ3) is 3.37. The minimum atomic E-state index is -0.465. The molecule has 0 radical (unpaired) electrons. The van der Waals surface area contributed by atoms with E-state index in [-0.39, 0.29) is 19.1 Å². The number of benzene rings is 1. The van der Waals surface area contributed by atoms with E-state index >= 15 is 0 Å².